The van der Waals surface area contributed by atoms with Crippen LogP contribution in [0.25, 0.3) is 11.4 Å². The third kappa shape index (κ3) is 2.28. The summed E-state index contributed by atoms with van der Waals surface area (Å²) in [5.74, 6) is 2.97. The smallest absolute Gasteiger partial charge is 0.230 e. The van der Waals surface area contributed by atoms with Gasteiger partial charge in [-0.3, -0.25) is 0 Å². The molecule has 2 heterocycles. The van der Waals surface area contributed by atoms with Crippen LogP contribution >= 0.6 is 0 Å². The van der Waals surface area contributed by atoms with Crippen LogP contribution in [0.15, 0.2) is 10.7 Å². The molecule has 2 N–H and O–H groups in total. The Hall–Kier alpha value is -2.02. The summed E-state index contributed by atoms with van der Waals surface area (Å²) in [6, 6.07) is 0. The molecule has 100 valence electrons. The second kappa shape index (κ2) is 4.58. The van der Waals surface area contributed by atoms with Crippen LogP contribution in [0.1, 0.15) is 31.0 Å². The van der Waals surface area contributed by atoms with Gasteiger partial charge in [-0.15, -0.1) is 0 Å². The molecule has 0 radical (unpaired) electrons. The van der Waals surface area contributed by atoms with Crippen molar-refractivity contribution >= 4 is 5.82 Å². The molecule has 3 rings (SSSR count). The highest BCUT2D eigenvalue weighted by Crippen LogP contribution is 2.46. The van der Waals surface area contributed by atoms with Crippen LogP contribution in [-0.4, -0.2) is 27.2 Å². The summed E-state index contributed by atoms with van der Waals surface area (Å²) in [4.78, 5) is 12.7. The minimum Gasteiger partial charge on any atom is -0.383 e. The van der Waals surface area contributed by atoms with E-state index in [0.717, 1.165) is 6.42 Å². The molecule has 19 heavy (non-hydrogen) atoms. The Kier molecular flexibility index (Phi) is 2.90. The fraction of sp³-hybridized carbons (Fsp3) is 0.500. The van der Waals surface area contributed by atoms with E-state index in [-0.39, 0.29) is 0 Å². The van der Waals surface area contributed by atoms with E-state index < -0.39 is 0 Å². The Bertz CT molecular complexity index is 598. The molecule has 2 aromatic heterocycles. The third-order valence-electron chi connectivity index (χ3n) is 3.25. The summed E-state index contributed by atoms with van der Waals surface area (Å²) in [6.45, 7) is 2.48. The van der Waals surface area contributed by atoms with E-state index in [1.54, 1.807) is 13.3 Å². The molecule has 0 spiro atoms. The number of anilines is 1. The van der Waals surface area contributed by atoms with E-state index in [1.165, 1.54) is 0 Å². The zero-order valence-electron chi connectivity index (χ0n) is 10.8. The van der Waals surface area contributed by atoms with Crippen molar-refractivity contribution in [1.82, 2.24) is 20.1 Å². The van der Waals surface area contributed by atoms with Crippen molar-refractivity contribution in [2.24, 2.45) is 5.92 Å². The second-order valence-corrected chi connectivity index (χ2v) is 4.79. The van der Waals surface area contributed by atoms with Crippen molar-refractivity contribution < 1.29 is 9.26 Å². The van der Waals surface area contributed by atoms with E-state index in [4.69, 9.17) is 15.0 Å². The van der Waals surface area contributed by atoms with Gasteiger partial charge in [-0.05, 0) is 12.3 Å². The summed E-state index contributed by atoms with van der Waals surface area (Å²) < 4.78 is 10.2. The topological polar surface area (TPSA) is 100.0 Å². The van der Waals surface area contributed by atoms with Gasteiger partial charge in [0.05, 0.1) is 5.56 Å². The molecule has 1 aliphatic rings. The lowest BCUT2D eigenvalue weighted by Gasteiger charge is -2.02. The predicted octanol–water partition coefficient (Wildman–Crippen LogP) is 1.38. The summed E-state index contributed by atoms with van der Waals surface area (Å²) >= 11 is 0. The quantitative estimate of drug-likeness (QED) is 0.887. The Morgan fingerprint density at radius 3 is 2.89 bits per heavy atom. The first-order chi connectivity index (χ1) is 9.19. The number of rotatable bonds is 4. The van der Waals surface area contributed by atoms with E-state index >= 15 is 0 Å². The monoisotopic (exact) mass is 261 g/mol. The van der Waals surface area contributed by atoms with Gasteiger partial charge in [-0.2, -0.15) is 4.98 Å². The highest BCUT2D eigenvalue weighted by atomic mass is 16.5. The molecule has 0 saturated heterocycles. The molecule has 7 nitrogen and oxygen atoms in total. The van der Waals surface area contributed by atoms with E-state index in [0.29, 0.717) is 47.4 Å². The molecule has 2 aromatic rings. The lowest BCUT2D eigenvalue weighted by molar-refractivity contribution is 0.178. The number of ether oxygens (including phenoxy) is 1. The summed E-state index contributed by atoms with van der Waals surface area (Å²) in [7, 11) is 1.58. The zero-order chi connectivity index (χ0) is 13.4. The van der Waals surface area contributed by atoms with Gasteiger partial charge in [0, 0.05) is 19.2 Å². The molecular formula is C12H15N5O2. The average Bonchev–Trinajstić information content (AvgIpc) is 2.92. The van der Waals surface area contributed by atoms with Crippen molar-refractivity contribution in [3.05, 3.63) is 17.9 Å². The minimum atomic E-state index is 0.321. The van der Waals surface area contributed by atoms with Crippen molar-refractivity contribution in [3.63, 3.8) is 0 Å². The van der Waals surface area contributed by atoms with Gasteiger partial charge in [0.15, 0.2) is 5.82 Å². The van der Waals surface area contributed by atoms with Crippen molar-refractivity contribution in [2.75, 3.05) is 12.8 Å². The molecule has 1 fully saturated rings. The molecule has 1 aliphatic carbocycles. The maximum atomic E-state index is 5.88. The number of nitrogen functional groups attached to an aromatic ring is 1. The molecule has 0 unspecified atom stereocenters. The van der Waals surface area contributed by atoms with Crippen molar-refractivity contribution in [2.45, 2.75) is 25.9 Å². The van der Waals surface area contributed by atoms with Crippen LogP contribution in [0.5, 0.6) is 0 Å². The molecular weight excluding hydrogens is 246 g/mol. The minimum absolute atomic E-state index is 0.321. The van der Waals surface area contributed by atoms with Gasteiger partial charge in [0.1, 0.15) is 12.4 Å². The second-order valence-electron chi connectivity index (χ2n) is 4.79. The van der Waals surface area contributed by atoms with Crippen LogP contribution in [0.4, 0.5) is 5.82 Å². The van der Waals surface area contributed by atoms with Crippen LogP contribution < -0.4 is 5.73 Å². The standard InChI is InChI=1S/C12H15N5O2/c1-6-3-7(6)12-16-11(17-19-12)8-4-14-9(5-18-2)15-10(8)13/h4,6-7H,3,5H2,1-2H3,(H2,13,14,15)/t6-,7+/m1/s1. The van der Waals surface area contributed by atoms with Crippen molar-refractivity contribution in [3.8, 4) is 11.4 Å². The van der Waals surface area contributed by atoms with Gasteiger partial charge in [-0.1, -0.05) is 12.1 Å². The predicted molar refractivity (Wildman–Crippen MR) is 67.0 cm³/mol. The maximum absolute atomic E-state index is 5.88. The first-order valence-corrected chi connectivity index (χ1v) is 6.13. The SMILES string of the molecule is COCc1ncc(-c2noc([C@H]3C[C@H]3C)n2)c(N)n1. The average molecular weight is 261 g/mol. The van der Waals surface area contributed by atoms with Crippen LogP contribution in [0.3, 0.4) is 0 Å². The molecule has 0 aromatic carbocycles. The molecule has 2 atom stereocenters. The van der Waals surface area contributed by atoms with E-state index in [9.17, 15) is 0 Å². The Morgan fingerprint density at radius 2 is 2.26 bits per heavy atom. The normalized spacial score (nSPS) is 21.6. The Balaban J connectivity index is 1.87. The van der Waals surface area contributed by atoms with E-state index in [1.807, 2.05) is 0 Å². The number of aromatic nitrogens is 4. The lowest BCUT2D eigenvalue weighted by atomic mass is 10.3. The highest BCUT2D eigenvalue weighted by Gasteiger charge is 2.39. The van der Waals surface area contributed by atoms with Gasteiger partial charge in [0.2, 0.25) is 11.7 Å². The maximum Gasteiger partial charge on any atom is 0.230 e. The molecule has 1 saturated carbocycles. The number of nitrogens with two attached hydrogens (primary N) is 1. The largest absolute Gasteiger partial charge is 0.383 e. The zero-order valence-corrected chi connectivity index (χ0v) is 10.8. The first-order valence-electron chi connectivity index (χ1n) is 6.13. The van der Waals surface area contributed by atoms with Gasteiger partial charge in [-0.25, -0.2) is 9.97 Å². The fourth-order valence-corrected chi connectivity index (χ4v) is 1.97. The molecule has 0 bridgehead atoms. The van der Waals surface area contributed by atoms with Crippen LogP contribution in [0.2, 0.25) is 0 Å². The Morgan fingerprint density at radius 1 is 1.47 bits per heavy atom. The number of nitrogens with zero attached hydrogens (tertiary/aromatic N) is 4. The number of hydrogen-bond donors (Lipinski definition) is 1. The molecule has 0 amide bonds. The summed E-state index contributed by atoms with van der Waals surface area (Å²) in [5.41, 5.74) is 6.47. The van der Waals surface area contributed by atoms with E-state index in [2.05, 4.69) is 27.0 Å². The van der Waals surface area contributed by atoms with Gasteiger partial charge < -0.3 is 15.0 Å². The molecule has 7 heteroatoms. The van der Waals surface area contributed by atoms with Gasteiger partial charge >= 0.3 is 0 Å². The third-order valence-corrected chi connectivity index (χ3v) is 3.25. The highest BCUT2D eigenvalue weighted by molar-refractivity contribution is 5.66. The van der Waals surface area contributed by atoms with Crippen LogP contribution in [0, 0.1) is 5.92 Å². The lowest BCUT2D eigenvalue weighted by Crippen LogP contribution is -2.03. The molecule has 0 aliphatic heterocycles. The van der Waals surface area contributed by atoms with Crippen LogP contribution in [-0.2, 0) is 11.3 Å². The summed E-state index contributed by atoms with van der Waals surface area (Å²) in [6.07, 6.45) is 2.70. The van der Waals surface area contributed by atoms with Gasteiger partial charge in [0.25, 0.3) is 0 Å². The van der Waals surface area contributed by atoms with Crippen molar-refractivity contribution in [1.29, 1.82) is 0 Å². The number of hydrogen-bond acceptors (Lipinski definition) is 7. The Labute approximate surface area is 110 Å². The number of methoxy groups -OCH3 is 1. The first kappa shape index (κ1) is 12.0. The summed E-state index contributed by atoms with van der Waals surface area (Å²) in [5, 5.41) is 3.94. The fourth-order valence-electron chi connectivity index (χ4n) is 1.97.